The van der Waals surface area contributed by atoms with Crippen molar-refractivity contribution < 1.29 is 9.59 Å². The number of hydrogen-bond donors (Lipinski definition) is 0. The number of unbranched alkanes of at least 4 members (excludes halogenated alkanes) is 4. The van der Waals surface area contributed by atoms with E-state index < -0.39 is 0 Å². The molecule has 2 nitrogen and oxygen atoms in total. The van der Waals surface area contributed by atoms with Crippen LogP contribution in [0.25, 0.3) is 0 Å². The monoisotopic (exact) mass is 200 g/mol. The highest BCUT2D eigenvalue weighted by atomic mass is 16.1. The van der Waals surface area contributed by atoms with Gasteiger partial charge in [0.25, 0.3) is 0 Å². The van der Waals surface area contributed by atoms with Crippen molar-refractivity contribution in [3.63, 3.8) is 0 Å². The van der Waals surface area contributed by atoms with E-state index in [1.165, 1.54) is 25.7 Å². The summed E-state index contributed by atoms with van der Waals surface area (Å²) in [5.74, 6) is 0.469. The van der Waals surface area contributed by atoms with E-state index in [0.717, 1.165) is 25.7 Å². The minimum absolute atomic E-state index is 0.469. The van der Waals surface area contributed by atoms with Gasteiger partial charge in [0, 0.05) is 12.8 Å². The topological polar surface area (TPSA) is 34.1 Å². The lowest BCUT2D eigenvalue weighted by Crippen LogP contribution is -1.96. The number of carbonyl (C=O) groups is 2. The quantitative estimate of drug-likeness (QED) is 0.562. The van der Waals surface area contributed by atoms with Crippen molar-refractivity contribution in [1.82, 2.24) is 0 Å². The number of carbonyl (C=O) groups excluding carboxylic acids is 2. The van der Waals surface area contributed by atoms with Crippen LogP contribution >= 0.6 is 0 Å². The van der Waals surface area contributed by atoms with Gasteiger partial charge in [-0.15, -0.1) is 0 Å². The molecular weight excluding hydrogens is 176 g/mol. The van der Waals surface area contributed by atoms with Crippen molar-refractivity contribution in [2.24, 2.45) is 0 Å². The number of ketones is 1. The average molecular weight is 200 g/mol. The molecule has 84 valence electrons. The maximum absolute atomic E-state index is 11.2. The highest BCUT2D eigenvalue weighted by Crippen LogP contribution is 2.05. The third-order valence-electron chi connectivity index (χ3n) is 2.12. The van der Waals surface area contributed by atoms with E-state index >= 15 is 0 Å². The third kappa shape index (κ3) is 13.9. The Morgan fingerprint density at radius 2 is 1.21 bits per heavy atom. The van der Waals surface area contributed by atoms with Crippen LogP contribution in [0.5, 0.6) is 0 Å². The van der Waals surface area contributed by atoms with Gasteiger partial charge >= 0.3 is 0 Å². The molecule has 0 heterocycles. The summed E-state index contributed by atoms with van der Waals surface area (Å²) in [6, 6.07) is 0. The van der Waals surface area contributed by atoms with Gasteiger partial charge in [-0.05, 0) is 12.8 Å². The molecule has 0 saturated carbocycles. The van der Waals surface area contributed by atoms with E-state index in [1.54, 1.807) is 0 Å². The predicted molar refractivity (Wildman–Crippen MR) is 60.4 cm³/mol. The molecule has 0 spiro atoms. The van der Waals surface area contributed by atoms with Crippen LogP contribution in [0.1, 0.15) is 65.2 Å². The third-order valence-corrected chi connectivity index (χ3v) is 2.12. The summed E-state index contributed by atoms with van der Waals surface area (Å²) in [6.45, 7) is 6.34. The summed E-state index contributed by atoms with van der Waals surface area (Å²) in [5.41, 5.74) is 0. The summed E-state index contributed by atoms with van der Waals surface area (Å²) < 4.78 is 0. The minimum atomic E-state index is 0.469. The Morgan fingerprint density at radius 1 is 0.857 bits per heavy atom. The lowest BCUT2D eigenvalue weighted by molar-refractivity contribution is -0.119. The molecule has 0 aromatic rings. The van der Waals surface area contributed by atoms with Crippen LogP contribution in [0.4, 0.5) is 0 Å². The van der Waals surface area contributed by atoms with Crippen molar-refractivity contribution in [3.8, 4) is 0 Å². The fourth-order valence-electron chi connectivity index (χ4n) is 1.27. The maximum Gasteiger partial charge on any atom is 0.132 e. The Hall–Kier alpha value is -0.660. The van der Waals surface area contributed by atoms with Crippen molar-refractivity contribution in [1.29, 1.82) is 0 Å². The first kappa shape index (κ1) is 15.8. The standard InChI is InChI=1S/C11H22O.CH2O/c1-3-5-7-9-11(12)10-8-6-4-2;1-2/h3-10H2,1-2H3;1H2. The Bertz CT molecular complexity index is 109. The van der Waals surface area contributed by atoms with Crippen LogP contribution < -0.4 is 0 Å². The largest absolute Gasteiger partial charge is 0.307 e. The smallest absolute Gasteiger partial charge is 0.132 e. The van der Waals surface area contributed by atoms with Crippen LogP contribution in [0.3, 0.4) is 0 Å². The van der Waals surface area contributed by atoms with Crippen molar-refractivity contribution in [2.75, 3.05) is 0 Å². The van der Waals surface area contributed by atoms with Gasteiger partial charge in [-0.3, -0.25) is 4.79 Å². The zero-order valence-corrected chi connectivity index (χ0v) is 9.68. The molecule has 0 radical (unpaired) electrons. The SMILES string of the molecule is C=O.CCCCCC(=O)CCCCC. The summed E-state index contributed by atoms with van der Waals surface area (Å²) in [6.07, 6.45) is 8.67. The van der Waals surface area contributed by atoms with Gasteiger partial charge in [-0.2, -0.15) is 0 Å². The van der Waals surface area contributed by atoms with Crippen LogP contribution in [0.15, 0.2) is 0 Å². The molecule has 0 amide bonds. The second-order valence-electron chi connectivity index (χ2n) is 3.45. The van der Waals surface area contributed by atoms with Crippen molar-refractivity contribution >= 4 is 12.6 Å². The number of rotatable bonds is 8. The fourth-order valence-corrected chi connectivity index (χ4v) is 1.27. The first-order valence-corrected chi connectivity index (χ1v) is 5.61. The zero-order valence-electron chi connectivity index (χ0n) is 9.68. The molecule has 0 aliphatic carbocycles. The molecule has 0 fully saturated rings. The fraction of sp³-hybridized carbons (Fsp3) is 0.833. The van der Waals surface area contributed by atoms with Crippen LogP contribution in [-0.2, 0) is 9.59 Å². The summed E-state index contributed by atoms with van der Waals surface area (Å²) in [5, 5.41) is 0. The van der Waals surface area contributed by atoms with Crippen LogP contribution in [-0.4, -0.2) is 12.6 Å². The summed E-state index contributed by atoms with van der Waals surface area (Å²) >= 11 is 0. The molecule has 14 heavy (non-hydrogen) atoms. The molecule has 0 aromatic carbocycles. The molecule has 0 saturated heterocycles. The van der Waals surface area contributed by atoms with E-state index in [2.05, 4.69) is 13.8 Å². The highest BCUT2D eigenvalue weighted by Gasteiger charge is 1.99. The predicted octanol–water partition coefficient (Wildman–Crippen LogP) is 3.53. The van der Waals surface area contributed by atoms with E-state index in [1.807, 2.05) is 6.79 Å². The first-order chi connectivity index (χ1) is 6.81. The van der Waals surface area contributed by atoms with Gasteiger partial charge in [0.15, 0.2) is 0 Å². The molecule has 0 bridgehead atoms. The maximum atomic E-state index is 11.2. The number of Topliss-reactive ketones (excluding diaryl/α,β-unsaturated/α-hetero) is 1. The Labute approximate surface area is 88.1 Å². The van der Waals surface area contributed by atoms with Gasteiger partial charge in [-0.25, -0.2) is 0 Å². The van der Waals surface area contributed by atoms with E-state index in [4.69, 9.17) is 4.79 Å². The lowest BCUT2D eigenvalue weighted by Gasteiger charge is -1.98. The van der Waals surface area contributed by atoms with Gasteiger partial charge in [0.1, 0.15) is 12.6 Å². The van der Waals surface area contributed by atoms with Crippen LogP contribution in [0, 0.1) is 0 Å². The minimum Gasteiger partial charge on any atom is -0.307 e. The van der Waals surface area contributed by atoms with Crippen LogP contribution in [0.2, 0.25) is 0 Å². The van der Waals surface area contributed by atoms with E-state index in [9.17, 15) is 4.79 Å². The van der Waals surface area contributed by atoms with Gasteiger partial charge in [0.05, 0.1) is 0 Å². The highest BCUT2D eigenvalue weighted by molar-refractivity contribution is 5.78. The molecule has 0 N–H and O–H groups in total. The Kier molecular flexibility index (Phi) is 16.7. The molecule has 0 unspecified atom stereocenters. The molecule has 0 aromatic heterocycles. The van der Waals surface area contributed by atoms with Crippen molar-refractivity contribution in [2.45, 2.75) is 65.2 Å². The lowest BCUT2D eigenvalue weighted by atomic mass is 10.1. The summed E-state index contributed by atoms with van der Waals surface area (Å²) in [7, 11) is 0. The molecule has 2 heteroatoms. The van der Waals surface area contributed by atoms with E-state index in [-0.39, 0.29) is 0 Å². The first-order valence-electron chi connectivity index (χ1n) is 5.61. The molecule has 0 rings (SSSR count). The van der Waals surface area contributed by atoms with Crippen molar-refractivity contribution in [3.05, 3.63) is 0 Å². The average Bonchev–Trinajstić information content (AvgIpc) is 2.22. The van der Waals surface area contributed by atoms with Gasteiger partial charge in [-0.1, -0.05) is 39.5 Å². The van der Waals surface area contributed by atoms with Gasteiger partial charge < -0.3 is 4.79 Å². The molecule has 0 atom stereocenters. The second-order valence-corrected chi connectivity index (χ2v) is 3.45. The molecule has 0 aliphatic heterocycles. The Morgan fingerprint density at radius 3 is 1.50 bits per heavy atom. The normalized spacial score (nSPS) is 9.00. The zero-order chi connectivity index (χ0) is 11.2. The molecular formula is C12H24O2. The van der Waals surface area contributed by atoms with Gasteiger partial charge in [0.2, 0.25) is 0 Å². The second kappa shape index (κ2) is 14.8. The van der Waals surface area contributed by atoms with E-state index in [0.29, 0.717) is 5.78 Å². The number of hydrogen-bond acceptors (Lipinski definition) is 2. The summed E-state index contributed by atoms with van der Waals surface area (Å²) in [4.78, 5) is 19.2. The molecule has 0 aliphatic rings. The Balaban J connectivity index is 0.